The van der Waals surface area contributed by atoms with E-state index in [1.54, 1.807) is 24.3 Å². The minimum Gasteiger partial charge on any atom is -0.358 e. The SMILES string of the molecule is CCC(NC(=O)c1ccc2c(c1)/C(=C/c1[nH]c(C)c(C(=O)NC3CCNCC3)c1C)C(=O)N2)c1ccccc1. The van der Waals surface area contributed by atoms with Crippen molar-refractivity contribution in [3.63, 3.8) is 0 Å². The van der Waals surface area contributed by atoms with Gasteiger partial charge in [0, 0.05) is 34.2 Å². The summed E-state index contributed by atoms with van der Waals surface area (Å²) < 4.78 is 0. The van der Waals surface area contributed by atoms with E-state index in [4.69, 9.17) is 0 Å². The number of piperidine rings is 1. The van der Waals surface area contributed by atoms with Crippen LogP contribution in [-0.4, -0.2) is 41.8 Å². The van der Waals surface area contributed by atoms with Crippen LogP contribution in [-0.2, 0) is 4.79 Å². The van der Waals surface area contributed by atoms with Crippen LogP contribution in [0.2, 0.25) is 0 Å². The molecule has 2 aromatic carbocycles. The molecule has 0 saturated carbocycles. The first kappa shape index (κ1) is 26.4. The normalized spacial score (nSPS) is 17.0. The van der Waals surface area contributed by atoms with Gasteiger partial charge >= 0.3 is 0 Å². The number of hydrogen-bond donors (Lipinski definition) is 5. The number of carbonyl (C=O) groups excluding carboxylic acids is 3. The Morgan fingerprint density at radius 1 is 1.05 bits per heavy atom. The molecule has 1 unspecified atom stereocenters. The highest BCUT2D eigenvalue weighted by molar-refractivity contribution is 6.35. The van der Waals surface area contributed by atoms with Crippen molar-refractivity contribution < 1.29 is 14.4 Å². The van der Waals surface area contributed by atoms with E-state index in [1.165, 1.54) is 0 Å². The van der Waals surface area contributed by atoms with Crippen LogP contribution in [0.3, 0.4) is 0 Å². The average Bonchev–Trinajstić information content (AvgIpc) is 3.41. The minimum absolute atomic E-state index is 0.100. The van der Waals surface area contributed by atoms with E-state index in [0.29, 0.717) is 33.6 Å². The van der Waals surface area contributed by atoms with Gasteiger partial charge in [-0.3, -0.25) is 14.4 Å². The lowest BCUT2D eigenvalue weighted by Gasteiger charge is -2.23. The van der Waals surface area contributed by atoms with E-state index < -0.39 is 0 Å². The minimum atomic E-state index is -0.245. The lowest BCUT2D eigenvalue weighted by molar-refractivity contribution is -0.110. The molecule has 3 amide bonds. The second kappa shape index (κ2) is 11.3. The highest BCUT2D eigenvalue weighted by Gasteiger charge is 2.28. The number of rotatable bonds is 7. The molecule has 8 heteroatoms. The summed E-state index contributed by atoms with van der Waals surface area (Å²) in [4.78, 5) is 42.5. The molecule has 1 aromatic heterocycles. The molecule has 202 valence electrons. The van der Waals surface area contributed by atoms with Gasteiger partial charge in [0.25, 0.3) is 17.7 Å². The maximum Gasteiger partial charge on any atom is 0.256 e. The third-order valence-electron chi connectivity index (χ3n) is 7.65. The summed E-state index contributed by atoms with van der Waals surface area (Å²) in [5.41, 5.74) is 6.14. The molecule has 5 rings (SSSR count). The van der Waals surface area contributed by atoms with Crippen LogP contribution in [0, 0.1) is 13.8 Å². The van der Waals surface area contributed by atoms with E-state index in [1.807, 2.05) is 51.1 Å². The van der Waals surface area contributed by atoms with Gasteiger partial charge in [-0.1, -0.05) is 37.3 Å². The van der Waals surface area contributed by atoms with E-state index >= 15 is 0 Å². The van der Waals surface area contributed by atoms with Crippen molar-refractivity contribution in [3.8, 4) is 0 Å². The lowest BCUT2D eigenvalue weighted by atomic mass is 10.00. The highest BCUT2D eigenvalue weighted by Crippen LogP contribution is 2.35. The van der Waals surface area contributed by atoms with Crippen molar-refractivity contribution >= 4 is 35.1 Å². The number of H-pyrrole nitrogens is 1. The molecule has 3 heterocycles. The molecule has 39 heavy (non-hydrogen) atoms. The van der Waals surface area contributed by atoms with Gasteiger partial charge in [-0.25, -0.2) is 0 Å². The summed E-state index contributed by atoms with van der Waals surface area (Å²) in [5.74, 6) is -0.543. The first-order chi connectivity index (χ1) is 18.9. The molecular formula is C31H35N5O3. The number of hydrogen-bond acceptors (Lipinski definition) is 4. The number of nitrogens with one attached hydrogen (secondary N) is 5. The summed E-state index contributed by atoms with van der Waals surface area (Å²) in [6.07, 6.45) is 4.33. The van der Waals surface area contributed by atoms with Crippen molar-refractivity contribution in [2.75, 3.05) is 18.4 Å². The maximum atomic E-state index is 13.2. The third-order valence-corrected chi connectivity index (χ3v) is 7.65. The molecule has 5 N–H and O–H groups in total. The van der Waals surface area contributed by atoms with Gasteiger partial charge in [-0.2, -0.15) is 0 Å². The van der Waals surface area contributed by atoms with Crippen LogP contribution in [0.5, 0.6) is 0 Å². The van der Waals surface area contributed by atoms with Crippen LogP contribution in [0.1, 0.15) is 81.0 Å². The number of benzene rings is 2. The standard InChI is InChI=1S/C31H35N5O3/c1-4-25(20-8-6-5-7-9-20)35-29(37)21-10-11-26-23(16-21)24(30(38)36-26)17-27-18(2)28(19(3)33-27)31(39)34-22-12-14-32-15-13-22/h5-11,16-17,22,25,32-33H,4,12-15H2,1-3H3,(H,34,39)(H,35,37)(H,36,38)/b24-17-. The van der Waals surface area contributed by atoms with Gasteiger partial charge in [-0.05, 0) is 81.6 Å². The number of fused-ring (bicyclic) bond motifs is 1. The highest BCUT2D eigenvalue weighted by atomic mass is 16.2. The number of amides is 3. The first-order valence-electron chi connectivity index (χ1n) is 13.6. The molecule has 8 nitrogen and oxygen atoms in total. The van der Waals surface area contributed by atoms with Crippen molar-refractivity contribution in [3.05, 3.63) is 87.7 Å². The van der Waals surface area contributed by atoms with Crippen LogP contribution < -0.4 is 21.3 Å². The predicted molar refractivity (Wildman–Crippen MR) is 154 cm³/mol. The monoisotopic (exact) mass is 525 g/mol. The quantitative estimate of drug-likeness (QED) is 0.293. The number of aromatic amines is 1. The first-order valence-corrected chi connectivity index (χ1v) is 13.6. The van der Waals surface area contributed by atoms with Crippen molar-refractivity contribution in [2.45, 2.75) is 52.1 Å². The summed E-state index contributed by atoms with van der Waals surface area (Å²) in [6.45, 7) is 7.58. The Hall–Kier alpha value is -4.17. The topological polar surface area (TPSA) is 115 Å². The fourth-order valence-electron chi connectivity index (χ4n) is 5.45. The van der Waals surface area contributed by atoms with E-state index in [-0.39, 0.29) is 29.8 Å². The maximum absolute atomic E-state index is 13.2. The van der Waals surface area contributed by atoms with Gasteiger partial charge in [-0.15, -0.1) is 0 Å². The fourth-order valence-corrected chi connectivity index (χ4v) is 5.45. The molecule has 0 radical (unpaired) electrons. The van der Waals surface area contributed by atoms with E-state index in [0.717, 1.165) is 49.2 Å². The number of aromatic nitrogens is 1. The summed E-state index contributed by atoms with van der Waals surface area (Å²) >= 11 is 0. The van der Waals surface area contributed by atoms with Crippen molar-refractivity contribution in [1.29, 1.82) is 0 Å². The second-order valence-corrected chi connectivity index (χ2v) is 10.3. The average molecular weight is 526 g/mol. The largest absolute Gasteiger partial charge is 0.358 e. The van der Waals surface area contributed by atoms with Crippen LogP contribution in [0.15, 0.2) is 48.5 Å². The zero-order valence-corrected chi connectivity index (χ0v) is 22.6. The molecular weight excluding hydrogens is 490 g/mol. The molecule has 0 spiro atoms. The Kier molecular flexibility index (Phi) is 7.65. The zero-order chi connectivity index (χ0) is 27.5. The Morgan fingerprint density at radius 3 is 2.51 bits per heavy atom. The molecule has 1 fully saturated rings. The summed E-state index contributed by atoms with van der Waals surface area (Å²) in [5, 5.41) is 12.5. The molecule has 3 aromatic rings. The molecule has 1 atom stereocenters. The predicted octanol–water partition coefficient (Wildman–Crippen LogP) is 4.49. The lowest BCUT2D eigenvalue weighted by Crippen LogP contribution is -2.42. The Bertz CT molecular complexity index is 1430. The smallest absolute Gasteiger partial charge is 0.256 e. The molecule has 2 aliphatic rings. The fraction of sp³-hybridized carbons (Fsp3) is 0.323. The van der Waals surface area contributed by atoms with Crippen LogP contribution in [0.25, 0.3) is 11.6 Å². The number of aryl methyl sites for hydroxylation is 1. The van der Waals surface area contributed by atoms with Gasteiger partial charge in [0.15, 0.2) is 0 Å². The van der Waals surface area contributed by atoms with Crippen LogP contribution in [0.4, 0.5) is 5.69 Å². The van der Waals surface area contributed by atoms with Crippen molar-refractivity contribution in [1.82, 2.24) is 20.9 Å². The van der Waals surface area contributed by atoms with E-state index in [2.05, 4.69) is 26.3 Å². The molecule has 0 bridgehead atoms. The second-order valence-electron chi connectivity index (χ2n) is 10.3. The molecule has 0 aliphatic carbocycles. The molecule has 2 aliphatic heterocycles. The molecule has 1 saturated heterocycles. The van der Waals surface area contributed by atoms with Gasteiger partial charge < -0.3 is 26.3 Å². The summed E-state index contributed by atoms with van der Waals surface area (Å²) in [6, 6.07) is 15.2. The Balaban J connectivity index is 1.39. The van der Waals surface area contributed by atoms with Gasteiger partial charge in [0.1, 0.15) is 0 Å². The van der Waals surface area contributed by atoms with Gasteiger partial charge in [0.2, 0.25) is 0 Å². The summed E-state index contributed by atoms with van der Waals surface area (Å²) in [7, 11) is 0. The number of anilines is 1. The Morgan fingerprint density at radius 2 is 1.79 bits per heavy atom. The number of carbonyl (C=O) groups is 3. The van der Waals surface area contributed by atoms with E-state index in [9.17, 15) is 14.4 Å². The van der Waals surface area contributed by atoms with Gasteiger partial charge in [0.05, 0.1) is 17.2 Å². The van der Waals surface area contributed by atoms with Crippen molar-refractivity contribution in [2.24, 2.45) is 0 Å². The third kappa shape index (κ3) is 5.52. The zero-order valence-electron chi connectivity index (χ0n) is 22.6. The Labute approximate surface area is 228 Å². The van der Waals surface area contributed by atoms with Crippen LogP contribution >= 0.6 is 0 Å².